The van der Waals surface area contributed by atoms with Gasteiger partial charge in [-0.2, -0.15) is 5.10 Å². The molecule has 0 bridgehead atoms. The van der Waals surface area contributed by atoms with E-state index in [0.29, 0.717) is 5.19 Å². The minimum absolute atomic E-state index is 0.651. The van der Waals surface area contributed by atoms with Gasteiger partial charge in [0.1, 0.15) is 5.52 Å². The number of fused-ring (bicyclic) bond motifs is 1. The van der Waals surface area contributed by atoms with Gasteiger partial charge >= 0.3 is 0 Å². The number of pyridine rings is 1. The lowest BCUT2D eigenvalue weighted by atomic mass is 10.1. The molecule has 0 radical (unpaired) electrons. The van der Waals surface area contributed by atoms with E-state index in [1.807, 2.05) is 25.6 Å². The molecule has 3 aromatic rings. The molecule has 3 rings (SSSR count). The molecule has 0 spiro atoms. The first-order chi connectivity index (χ1) is 8.28. The Hall–Kier alpha value is -1.95. The van der Waals surface area contributed by atoms with E-state index in [-0.39, 0.29) is 0 Å². The van der Waals surface area contributed by atoms with Gasteiger partial charge in [0.05, 0.1) is 24.2 Å². The fraction of sp³-hybridized carbons (Fsp3) is 0.182. The van der Waals surface area contributed by atoms with Gasteiger partial charge in [-0.15, -0.1) is 0 Å². The predicted octanol–water partition coefficient (Wildman–Crippen LogP) is 2.10. The van der Waals surface area contributed by atoms with Crippen LogP contribution < -0.4 is 4.74 Å². The van der Waals surface area contributed by atoms with Gasteiger partial charge in [-0.25, -0.2) is 4.98 Å². The molecule has 17 heavy (non-hydrogen) atoms. The Bertz CT molecular complexity index is 673. The molecule has 0 amide bonds. The van der Waals surface area contributed by atoms with Crippen LogP contribution in [0.4, 0.5) is 0 Å². The fourth-order valence-electron chi connectivity index (χ4n) is 1.69. The molecule has 0 aromatic carbocycles. The third-order valence-electron chi connectivity index (χ3n) is 2.47. The average Bonchev–Trinajstić information content (AvgIpc) is 2.93. The zero-order chi connectivity index (χ0) is 11.8. The molecule has 0 unspecified atom stereocenters. The molecule has 0 atom stereocenters. The number of thiazole rings is 1. The smallest absolute Gasteiger partial charge is 0.274 e. The Kier molecular flexibility index (Phi) is 2.29. The number of nitrogens with zero attached hydrogens (tertiary/aromatic N) is 4. The monoisotopic (exact) mass is 246 g/mol. The molecule has 0 saturated heterocycles. The van der Waals surface area contributed by atoms with Crippen molar-refractivity contribution < 1.29 is 4.74 Å². The summed E-state index contributed by atoms with van der Waals surface area (Å²) in [7, 11) is 3.51. The van der Waals surface area contributed by atoms with Gasteiger partial charge in [0.25, 0.3) is 5.19 Å². The first-order valence-corrected chi connectivity index (χ1v) is 5.87. The molecule has 0 fully saturated rings. The molecule has 86 valence electrons. The van der Waals surface area contributed by atoms with Gasteiger partial charge in [0, 0.05) is 30.6 Å². The zero-order valence-electron chi connectivity index (χ0n) is 9.41. The standard InChI is InChI=1S/C11H10N4OS/c1-15-6-7(3-13-15)8-4-12-5-9-10(8)17-11(14-9)16-2/h3-6H,1-2H3. The van der Waals surface area contributed by atoms with Crippen LogP contribution in [0.1, 0.15) is 0 Å². The van der Waals surface area contributed by atoms with Gasteiger partial charge in [0.15, 0.2) is 0 Å². The van der Waals surface area contributed by atoms with Crippen LogP contribution in [0.2, 0.25) is 0 Å². The van der Waals surface area contributed by atoms with Crippen LogP contribution in [0, 0.1) is 0 Å². The van der Waals surface area contributed by atoms with Gasteiger partial charge in [-0.05, 0) is 0 Å². The highest BCUT2D eigenvalue weighted by molar-refractivity contribution is 7.20. The van der Waals surface area contributed by atoms with E-state index >= 15 is 0 Å². The van der Waals surface area contributed by atoms with Crippen LogP contribution in [0.5, 0.6) is 5.19 Å². The summed E-state index contributed by atoms with van der Waals surface area (Å²) < 4.78 is 8.00. The second kappa shape index (κ2) is 3.81. The molecule has 0 saturated carbocycles. The number of aryl methyl sites for hydroxylation is 1. The van der Waals surface area contributed by atoms with Crippen molar-refractivity contribution in [2.45, 2.75) is 0 Å². The summed E-state index contributed by atoms with van der Waals surface area (Å²) in [6.07, 6.45) is 7.36. The van der Waals surface area contributed by atoms with E-state index in [2.05, 4.69) is 15.1 Å². The molecule has 0 N–H and O–H groups in total. The fourth-order valence-corrected chi connectivity index (χ4v) is 2.57. The second-order valence-electron chi connectivity index (χ2n) is 3.62. The normalized spacial score (nSPS) is 10.9. The lowest BCUT2D eigenvalue weighted by Crippen LogP contribution is -1.84. The molecular weight excluding hydrogens is 236 g/mol. The number of hydrogen-bond donors (Lipinski definition) is 0. The minimum atomic E-state index is 0.651. The van der Waals surface area contributed by atoms with Gasteiger partial charge in [-0.3, -0.25) is 9.67 Å². The third kappa shape index (κ3) is 1.66. The van der Waals surface area contributed by atoms with E-state index in [9.17, 15) is 0 Å². The van der Waals surface area contributed by atoms with E-state index < -0.39 is 0 Å². The highest BCUT2D eigenvalue weighted by Gasteiger charge is 2.11. The second-order valence-corrected chi connectivity index (χ2v) is 4.58. The zero-order valence-corrected chi connectivity index (χ0v) is 10.2. The Balaban J connectivity index is 2.25. The van der Waals surface area contributed by atoms with E-state index in [1.54, 1.807) is 18.0 Å². The predicted molar refractivity (Wildman–Crippen MR) is 66.2 cm³/mol. The molecule has 0 aliphatic rings. The maximum atomic E-state index is 5.15. The SMILES string of the molecule is COc1nc2cncc(-c3cnn(C)c3)c2s1. The lowest BCUT2D eigenvalue weighted by molar-refractivity contribution is 0.413. The van der Waals surface area contributed by atoms with E-state index in [4.69, 9.17) is 4.74 Å². The quantitative estimate of drug-likeness (QED) is 0.695. The molecule has 0 aliphatic heterocycles. The summed E-state index contributed by atoms with van der Waals surface area (Å²) in [5.74, 6) is 0. The Morgan fingerprint density at radius 3 is 2.88 bits per heavy atom. The molecule has 0 aliphatic carbocycles. The molecule has 6 heteroatoms. The van der Waals surface area contributed by atoms with Crippen molar-refractivity contribution in [3.05, 3.63) is 24.8 Å². The van der Waals surface area contributed by atoms with Crippen LogP contribution >= 0.6 is 11.3 Å². The highest BCUT2D eigenvalue weighted by atomic mass is 32.1. The van der Waals surface area contributed by atoms with Gasteiger partial charge in [-0.1, -0.05) is 11.3 Å². The largest absolute Gasteiger partial charge is 0.473 e. The first-order valence-electron chi connectivity index (χ1n) is 5.05. The molecule has 3 aromatic heterocycles. The number of rotatable bonds is 2. The summed E-state index contributed by atoms with van der Waals surface area (Å²) in [6, 6.07) is 0. The van der Waals surface area contributed by atoms with Crippen molar-refractivity contribution in [1.29, 1.82) is 0 Å². The Labute approximate surface area is 102 Å². The lowest BCUT2D eigenvalue weighted by Gasteiger charge is -1.96. The van der Waals surface area contributed by atoms with Gasteiger partial charge in [0.2, 0.25) is 0 Å². The van der Waals surface area contributed by atoms with Crippen molar-refractivity contribution in [3.8, 4) is 16.3 Å². The topological polar surface area (TPSA) is 52.8 Å². The minimum Gasteiger partial charge on any atom is -0.473 e. The molecule has 3 heterocycles. The first kappa shape index (κ1) is 10.2. The average molecular weight is 246 g/mol. The van der Waals surface area contributed by atoms with Crippen molar-refractivity contribution >= 4 is 21.6 Å². The summed E-state index contributed by atoms with van der Waals surface area (Å²) in [6.45, 7) is 0. The maximum Gasteiger partial charge on any atom is 0.274 e. The number of hydrogen-bond acceptors (Lipinski definition) is 5. The van der Waals surface area contributed by atoms with Crippen LogP contribution in [-0.4, -0.2) is 26.9 Å². The summed E-state index contributed by atoms with van der Waals surface area (Å²) in [5.41, 5.74) is 2.93. The number of aromatic nitrogens is 4. The van der Waals surface area contributed by atoms with Crippen LogP contribution in [-0.2, 0) is 7.05 Å². The van der Waals surface area contributed by atoms with Gasteiger partial charge < -0.3 is 4.74 Å². The Morgan fingerprint density at radius 2 is 2.18 bits per heavy atom. The molecular formula is C11H10N4OS. The summed E-state index contributed by atoms with van der Waals surface area (Å²) in [4.78, 5) is 8.53. The van der Waals surface area contributed by atoms with Crippen LogP contribution in [0.3, 0.4) is 0 Å². The van der Waals surface area contributed by atoms with E-state index in [1.165, 1.54) is 11.3 Å². The van der Waals surface area contributed by atoms with Crippen LogP contribution in [0.15, 0.2) is 24.8 Å². The van der Waals surface area contributed by atoms with E-state index in [0.717, 1.165) is 21.3 Å². The van der Waals surface area contributed by atoms with Crippen molar-refractivity contribution in [2.24, 2.45) is 7.05 Å². The highest BCUT2D eigenvalue weighted by Crippen LogP contribution is 2.34. The van der Waals surface area contributed by atoms with Crippen LogP contribution in [0.25, 0.3) is 21.3 Å². The number of methoxy groups -OCH3 is 1. The van der Waals surface area contributed by atoms with Crippen molar-refractivity contribution in [3.63, 3.8) is 0 Å². The summed E-state index contributed by atoms with van der Waals surface area (Å²) >= 11 is 1.52. The Morgan fingerprint density at radius 1 is 1.29 bits per heavy atom. The number of ether oxygens (including phenoxy) is 1. The third-order valence-corrected chi connectivity index (χ3v) is 3.54. The maximum absolute atomic E-state index is 5.15. The van der Waals surface area contributed by atoms with Crippen molar-refractivity contribution in [1.82, 2.24) is 19.7 Å². The summed E-state index contributed by atoms with van der Waals surface area (Å²) in [5, 5.41) is 4.82. The van der Waals surface area contributed by atoms with Crippen molar-refractivity contribution in [2.75, 3.05) is 7.11 Å². The molecule has 5 nitrogen and oxygen atoms in total.